The molecule has 0 bridgehead atoms. The Balaban J connectivity index is 1.53. The molecule has 1 saturated heterocycles. The molecule has 5 heteroatoms. The van der Waals surface area contributed by atoms with Crippen LogP contribution < -0.4 is 5.32 Å². The van der Waals surface area contributed by atoms with E-state index in [0.717, 1.165) is 18.7 Å². The van der Waals surface area contributed by atoms with Crippen molar-refractivity contribution in [2.75, 3.05) is 18.4 Å². The largest absolute Gasteiger partial charge is 0.360 e. The Morgan fingerprint density at radius 2 is 1.83 bits per heavy atom. The molecule has 2 heterocycles. The molecule has 5 rings (SSSR count). The molecule has 1 aromatic carbocycles. The zero-order valence-corrected chi connectivity index (χ0v) is 17.0. The summed E-state index contributed by atoms with van der Waals surface area (Å²) >= 11 is 0. The summed E-state index contributed by atoms with van der Waals surface area (Å²) in [4.78, 5) is 12.0. The molecule has 2 saturated carbocycles. The molecule has 1 N–H and O–H groups in total. The smallest absolute Gasteiger partial charge is 0.148 e. The molecule has 0 amide bonds. The van der Waals surface area contributed by atoms with Gasteiger partial charge in [-0.3, -0.25) is 4.90 Å². The Kier molecular flexibility index (Phi) is 4.97. The van der Waals surface area contributed by atoms with Crippen LogP contribution in [0.2, 0.25) is 0 Å². The van der Waals surface area contributed by atoms with Gasteiger partial charge in [0, 0.05) is 11.5 Å². The van der Waals surface area contributed by atoms with Crippen LogP contribution in [0, 0.1) is 11.3 Å². The van der Waals surface area contributed by atoms with E-state index >= 15 is 0 Å². The molecule has 1 unspecified atom stereocenters. The second-order valence-corrected chi connectivity index (χ2v) is 8.87. The van der Waals surface area contributed by atoms with Gasteiger partial charge in [0.05, 0.1) is 12.2 Å². The van der Waals surface area contributed by atoms with Gasteiger partial charge in [-0.15, -0.1) is 0 Å². The van der Waals surface area contributed by atoms with Crippen LogP contribution in [0.25, 0.3) is 0 Å². The third-order valence-corrected chi connectivity index (χ3v) is 7.03. The molecule has 150 valence electrons. The monoisotopic (exact) mass is 387 g/mol. The number of hydrogen-bond acceptors (Lipinski definition) is 5. The SMILES string of the molecule is N#Cc1cnc(C2CC2)nc1NC(c1ccccc1)C1(N2CCCCC2)CCC1. The van der Waals surface area contributed by atoms with Crippen LogP contribution in [0.15, 0.2) is 36.5 Å². The van der Waals surface area contributed by atoms with Crippen LogP contribution in [0.4, 0.5) is 5.82 Å². The lowest BCUT2D eigenvalue weighted by Gasteiger charge is -2.56. The van der Waals surface area contributed by atoms with Gasteiger partial charge in [0.1, 0.15) is 23.3 Å². The fourth-order valence-corrected chi connectivity index (χ4v) is 5.10. The number of rotatable bonds is 6. The first-order chi connectivity index (χ1) is 14.3. The van der Waals surface area contributed by atoms with Crippen LogP contribution in [0.1, 0.15) is 80.3 Å². The number of nitrogens with zero attached hydrogens (tertiary/aromatic N) is 4. The molecule has 0 spiro atoms. The number of anilines is 1. The molecule has 1 aromatic heterocycles. The number of nitrogens with one attached hydrogen (secondary N) is 1. The predicted molar refractivity (Wildman–Crippen MR) is 114 cm³/mol. The molecular formula is C24H29N5. The van der Waals surface area contributed by atoms with Crippen LogP contribution in [-0.2, 0) is 0 Å². The van der Waals surface area contributed by atoms with Gasteiger partial charge in [-0.2, -0.15) is 5.26 Å². The minimum Gasteiger partial charge on any atom is -0.360 e. The zero-order chi connectivity index (χ0) is 19.7. The van der Waals surface area contributed by atoms with E-state index in [1.54, 1.807) is 6.20 Å². The van der Waals surface area contributed by atoms with Crippen molar-refractivity contribution in [1.82, 2.24) is 14.9 Å². The maximum Gasteiger partial charge on any atom is 0.148 e. The van der Waals surface area contributed by atoms with E-state index in [4.69, 9.17) is 4.98 Å². The summed E-state index contributed by atoms with van der Waals surface area (Å²) in [6, 6.07) is 13.2. The number of nitriles is 1. The van der Waals surface area contributed by atoms with E-state index in [1.807, 2.05) is 0 Å². The zero-order valence-electron chi connectivity index (χ0n) is 17.0. The molecule has 5 nitrogen and oxygen atoms in total. The van der Waals surface area contributed by atoms with Gasteiger partial charge < -0.3 is 5.32 Å². The van der Waals surface area contributed by atoms with Crippen molar-refractivity contribution < 1.29 is 0 Å². The number of benzene rings is 1. The minimum atomic E-state index is 0.110. The molecule has 3 aliphatic rings. The van der Waals surface area contributed by atoms with Crippen molar-refractivity contribution in [3.63, 3.8) is 0 Å². The average Bonchev–Trinajstić information content (AvgIpc) is 3.59. The summed E-state index contributed by atoms with van der Waals surface area (Å²) in [6.07, 6.45) is 11.6. The summed E-state index contributed by atoms with van der Waals surface area (Å²) in [7, 11) is 0. The molecular weight excluding hydrogens is 358 g/mol. The van der Waals surface area contributed by atoms with Crippen LogP contribution in [-0.4, -0.2) is 33.5 Å². The third-order valence-electron chi connectivity index (χ3n) is 7.03. The second-order valence-electron chi connectivity index (χ2n) is 8.87. The Morgan fingerprint density at radius 1 is 1.07 bits per heavy atom. The van der Waals surface area contributed by atoms with Crippen molar-refractivity contribution in [3.8, 4) is 6.07 Å². The summed E-state index contributed by atoms with van der Waals surface area (Å²) in [5, 5.41) is 13.5. The third kappa shape index (κ3) is 3.51. The van der Waals surface area contributed by atoms with E-state index < -0.39 is 0 Å². The van der Waals surface area contributed by atoms with Gasteiger partial charge in [-0.1, -0.05) is 36.8 Å². The molecule has 2 aromatic rings. The molecule has 3 fully saturated rings. The number of aromatic nitrogens is 2. The van der Waals surface area contributed by atoms with Crippen molar-refractivity contribution in [3.05, 3.63) is 53.5 Å². The number of likely N-dealkylation sites (tertiary alicyclic amines) is 1. The van der Waals surface area contributed by atoms with Gasteiger partial charge in [0.15, 0.2) is 0 Å². The highest BCUT2D eigenvalue weighted by atomic mass is 15.3. The molecule has 1 atom stereocenters. The first kappa shape index (κ1) is 18.6. The first-order valence-corrected chi connectivity index (χ1v) is 11.1. The highest BCUT2D eigenvalue weighted by Gasteiger charge is 2.49. The van der Waals surface area contributed by atoms with Gasteiger partial charge in [0.2, 0.25) is 0 Å². The van der Waals surface area contributed by atoms with E-state index in [1.165, 1.54) is 57.2 Å². The van der Waals surface area contributed by atoms with E-state index in [-0.39, 0.29) is 11.6 Å². The van der Waals surface area contributed by atoms with Crippen molar-refractivity contribution in [1.29, 1.82) is 5.26 Å². The minimum absolute atomic E-state index is 0.110. The Bertz CT molecular complexity index is 889. The maximum atomic E-state index is 9.69. The lowest BCUT2D eigenvalue weighted by Crippen LogP contribution is -2.60. The van der Waals surface area contributed by atoms with Crippen molar-refractivity contribution in [2.24, 2.45) is 0 Å². The summed E-state index contributed by atoms with van der Waals surface area (Å²) in [5.41, 5.74) is 1.94. The lowest BCUT2D eigenvalue weighted by molar-refractivity contribution is -0.0141. The molecule has 2 aliphatic carbocycles. The van der Waals surface area contributed by atoms with Crippen LogP contribution >= 0.6 is 0 Å². The van der Waals surface area contributed by atoms with Crippen LogP contribution in [0.5, 0.6) is 0 Å². The van der Waals surface area contributed by atoms with Gasteiger partial charge in [0.25, 0.3) is 0 Å². The standard InChI is InChI=1S/C24H29N5/c25-16-20-17-26-22(19-10-11-19)28-23(20)27-21(18-8-3-1-4-9-18)24(12-7-13-24)29-14-5-2-6-15-29/h1,3-4,8-9,17,19,21H,2,5-7,10-15H2,(H,26,27,28). The van der Waals surface area contributed by atoms with E-state index in [9.17, 15) is 5.26 Å². The average molecular weight is 388 g/mol. The fourth-order valence-electron chi connectivity index (χ4n) is 5.10. The molecule has 29 heavy (non-hydrogen) atoms. The fraction of sp³-hybridized carbons (Fsp3) is 0.542. The van der Waals surface area contributed by atoms with Gasteiger partial charge in [-0.05, 0) is 63.6 Å². The Hall–Kier alpha value is -2.45. The topological polar surface area (TPSA) is 64.8 Å². The van der Waals surface area contributed by atoms with E-state index in [0.29, 0.717) is 17.3 Å². The predicted octanol–water partition coefficient (Wildman–Crippen LogP) is 4.79. The Labute approximate surface area is 173 Å². The lowest BCUT2D eigenvalue weighted by atomic mass is 9.67. The summed E-state index contributed by atoms with van der Waals surface area (Å²) < 4.78 is 0. The van der Waals surface area contributed by atoms with Gasteiger partial charge in [-0.25, -0.2) is 9.97 Å². The molecule has 1 aliphatic heterocycles. The van der Waals surface area contributed by atoms with Crippen molar-refractivity contribution in [2.45, 2.75) is 68.9 Å². The molecule has 0 radical (unpaired) electrons. The summed E-state index contributed by atoms with van der Waals surface area (Å²) in [6.45, 7) is 2.35. The number of hydrogen-bond donors (Lipinski definition) is 1. The quantitative estimate of drug-likeness (QED) is 0.772. The highest BCUT2D eigenvalue weighted by Crippen LogP contribution is 2.49. The summed E-state index contributed by atoms with van der Waals surface area (Å²) in [5.74, 6) is 2.07. The second kappa shape index (κ2) is 7.76. The first-order valence-electron chi connectivity index (χ1n) is 11.1. The van der Waals surface area contributed by atoms with Crippen molar-refractivity contribution >= 4 is 5.82 Å². The maximum absolute atomic E-state index is 9.69. The Morgan fingerprint density at radius 3 is 2.45 bits per heavy atom. The highest BCUT2D eigenvalue weighted by molar-refractivity contribution is 5.53. The van der Waals surface area contributed by atoms with Crippen LogP contribution in [0.3, 0.4) is 0 Å². The number of piperidine rings is 1. The normalized spacial score (nSPS) is 22.3. The van der Waals surface area contributed by atoms with E-state index in [2.05, 4.69) is 51.6 Å². The van der Waals surface area contributed by atoms with Gasteiger partial charge >= 0.3 is 0 Å².